The van der Waals surface area contributed by atoms with Gasteiger partial charge in [0, 0.05) is 43.5 Å². The van der Waals surface area contributed by atoms with E-state index in [9.17, 15) is 4.79 Å². The fourth-order valence-electron chi connectivity index (χ4n) is 3.88. The molecule has 3 heterocycles. The molecule has 0 bridgehead atoms. The first-order chi connectivity index (χ1) is 12.3. The molecule has 0 unspecified atom stereocenters. The zero-order chi connectivity index (χ0) is 17.1. The zero-order valence-electron chi connectivity index (χ0n) is 14.7. The van der Waals surface area contributed by atoms with E-state index in [4.69, 9.17) is 0 Å². The second-order valence-corrected chi connectivity index (χ2v) is 8.24. The number of aryl methyl sites for hydroxylation is 1. The quantitative estimate of drug-likeness (QED) is 0.738. The van der Waals surface area contributed by atoms with Crippen LogP contribution in [0.5, 0.6) is 0 Å². The second-order valence-electron chi connectivity index (χ2n) is 7.23. The summed E-state index contributed by atoms with van der Waals surface area (Å²) in [6.07, 6.45) is 5.05. The van der Waals surface area contributed by atoms with Crippen LogP contribution in [0.25, 0.3) is 0 Å². The maximum atomic E-state index is 12.3. The normalized spacial score (nSPS) is 18.0. The fourth-order valence-corrected chi connectivity index (χ4v) is 4.77. The highest BCUT2D eigenvalue weighted by Gasteiger charge is 2.35. The van der Waals surface area contributed by atoms with Gasteiger partial charge in [-0.05, 0) is 48.3 Å². The third-order valence-electron chi connectivity index (χ3n) is 5.52. The van der Waals surface area contributed by atoms with E-state index in [1.807, 2.05) is 11.3 Å². The number of likely N-dealkylation sites (tertiary alicyclic amines) is 1. The number of nitrogens with zero attached hydrogens (tertiary/aromatic N) is 2. The molecule has 1 aromatic carbocycles. The molecule has 3 nitrogen and oxygen atoms in total. The van der Waals surface area contributed by atoms with E-state index < -0.39 is 0 Å². The maximum absolute atomic E-state index is 12.3. The number of fused-ring (bicyclic) bond motifs is 1. The van der Waals surface area contributed by atoms with Crippen LogP contribution in [-0.2, 0) is 24.2 Å². The smallest absolute Gasteiger partial charge is 0.222 e. The van der Waals surface area contributed by atoms with E-state index in [2.05, 4.69) is 51.6 Å². The third-order valence-corrected chi connectivity index (χ3v) is 6.54. The lowest BCUT2D eigenvalue weighted by molar-refractivity contribution is -0.139. The average molecular weight is 355 g/mol. The minimum atomic E-state index is 0.345. The molecule has 0 spiro atoms. The highest BCUT2D eigenvalue weighted by molar-refractivity contribution is 7.10. The number of hydrogen-bond donors (Lipinski definition) is 0. The molecule has 2 aliphatic rings. The van der Waals surface area contributed by atoms with Crippen LogP contribution in [0.1, 0.15) is 35.3 Å². The van der Waals surface area contributed by atoms with E-state index in [0.717, 1.165) is 45.4 Å². The van der Waals surface area contributed by atoms with Crippen molar-refractivity contribution in [2.24, 2.45) is 0 Å². The molecular weight excluding hydrogens is 328 g/mol. The summed E-state index contributed by atoms with van der Waals surface area (Å²) in [5, 5.41) is 2.21. The van der Waals surface area contributed by atoms with Gasteiger partial charge in [0.15, 0.2) is 0 Å². The lowest BCUT2D eigenvalue weighted by Crippen LogP contribution is -2.61. The number of thiophene rings is 1. The summed E-state index contributed by atoms with van der Waals surface area (Å²) < 4.78 is 0. The van der Waals surface area contributed by atoms with Gasteiger partial charge in [0.05, 0.1) is 0 Å². The molecule has 2 aliphatic heterocycles. The van der Waals surface area contributed by atoms with E-state index in [1.54, 1.807) is 4.88 Å². The van der Waals surface area contributed by atoms with Crippen LogP contribution >= 0.6 is 11.3 Å². The first-order valence-electron chi connectivity index (χ1n) is 9.40. The molecular formula is C21H26N2OS. The van der Waals surface area contributed by atoms with Crippen molar-refractivity contribution < 1.29 is 4.79 Å². The van der Waals surface area contributed by atoms with Gasteiger partial charge in [0.1, 0.15) is 0 Å². The topological polar surface area (TPSA) is 23.6 Å². The SMILES string of the molecule is O=C(CCCCc1ccccc1)N1CC(N2CCc3sccc3C2)C1. The molecule has 1 fully saturated rings. The van der Waals surface area contributed by atoms with Crippen molar-refractivity contribution in [2.45, 2.75) is 44.7 Å². The van der Waals surface area contributed by atoms with E-state index >= 15 is 0 Å². The van der Waals surface area contributed by atoms with Crippen molar-refractivity contribution in [2.75, 3.05) is 19.6 Å². The Bertz CT molecular complexity index is 706. The Morgan fingerprint density at radius 2 is 1.96 bits per heavy atom. The standard InChI is InChI=1S/C21H26N2OS/c24-21(9-5-4-8-17-6-2-1-3-7-17)23-15-19(16-23)22-12-10-20-18(14-22)11-13-25-20/h1-3,6-7,11,13,19H,4-5,8-10,12,14-16H2. The molecule has 0 atom stereocenters. The summed E-state index contributed by atoms with van der Waals surface area (Å²) in [7, 11) is 0. The van der Waals surface area contributed by atoms with Gasteiger partial charge in [0.2, 0.25) is 5.91 Å². The number of carbonyl (C=O) groups is 1. The van der Waals surface area contributed by atoms with Crippen molar-refractivity contribution in [1.29, 1.82) is 0 Å². The minimum Gasteiger partial charge on any atom is -0.339 e. The van der Waals surface area contributed by atoms with Gasteiger partial charge in [-0.2, -0.15) is 0 Å². The first kappa shape index (κ1) is 16.8. The third kappa shape index (κ3) is 3.96. The summed E-state index contributed by atoms with van der Waals surface area (Å²) in [5.74, 6) is 0.345. The molecule has 4 heteroatoms. The molecule has 1 saturated heterocycles. The van der Waals surface area contributed by atoms with Crippen LogP contribution in [-0.4, -0.2) is 41.4 Å². The number of unbranched alkanes of at least 4 members (excludes halogenated alkanes) is 1. The molecule has 1 amide bonds. The Morgan fingerprint density at radius 3 is 2.80 bits per heavy atom. The lowest BCUT2D eigenvalue weighted by atomic mass is 10.0. The summed E-state index contributed by atoms with van der Waals surface area (Å²) in [6.45, 7) is 4.08. The minimum absolute atomic E-state index is 0.345. The number of carbonyl (C=O) groups excluding carboxylic acids is 1. The van der Waals surface area contributed by atoms with Gasteiger partial charge in [-0.15, -0.1) is 11.3 Å². The summed E-state index contributed by atoms with van der Waals surface area (Å²) in [6, 6.07) is 13.4. The Hall–Kier alpha value is -1.65. The average Bonchev–Trinajstić information content (AvgIpc) is 3.06. The zero-order valence-corrected chi connectivity index (χ0v) is 15.5. The number of amides is 1. The van der Waals surface area contributed by atoms with Gasteiger partial charge in [-0.25, -0.2) is 0 Å². The Kier molecular flexibility index (Phi) is 5.18. The molecule has 0 radical (unpaired) electrons. The van der Waals surface area contributed by atoms with Crippen molar-refractivity contribution in [3.63, 3.8) is 0 Å². The molecule has 4 rings (SSSR count). The second kappa shape index (κ2) is 7.71. The predicted octanol–water partition coefficient (Wildman–Crippen LogP) is 3.73. The van der Waals surface area contributed by atoms with Crippen LogP contribution in [0.2, 0.25) is 0 Å². The Morgan fingerprint density at radius 1 is 1.12 bits per heavy atom. The molecule has 2 aromatic rings. The monoisotopic (exact) mass is 354 g/mol. The van der Waals surface area contributed by atoms with Gasteiger partial charge in [-0.3, -0.25) is 9.69 Å². The van der Waals surface area contributed by atoms with Crippen LogP contribution in [0.4, 0.5) is 0 Å². The molecule has 0 aliphatic carbocycles. The number of hydrogen-bond acceptors (Lipinski definition) is 3. The number of rotatable bonds is 6. The van der Waals surface area contributed by atoms with Gasteiger partial charge < -0.3 is 4.90 Å². The first-order valence-corrected chi connectivity index (χ1v) is 10.3. The Labute approximate surface area is 154 Å². The number of benzene rings is 1. The van der Waals surface area contributed by atoms with E-state index in [1.165, 1.54) is 17.5 Å². The maximum Gasteiger partial charge on any atom is 0.222 e. The summed E-state index contributed by atoms with van der Waals surface area (Å²) >= 11 is 1.89. The largest absolute Gasteiger partial charge is 0.339 e. The van der Waals surface area contributed by atoms with E-state index in [0.29, 0.717) is 18.4 Å². The Balaban J connectivity index is 1.15. The molecule has 0 N–H and O–H groups in total. The summed E-state index contributed by atoms with van der Waals surface area (Å²) in [4.78, 5) is 18.5. The van der Waals surface area contributed by atoms with Crippen molar-refractivity contribution in [3.8, 4) is 0 Å². The van der Waals surface area contributed by atoms with Crippen LogP contribution in [0, 0.1) is 0 Å². The van der Waals surface area contributed by atoms with Crippen molar-refractivity contribution in [3.05, 3.63) is 57.8 Å². The highest BCUT2D eigenvalue weighted by Crippen LogP contribution is 2.28. The lowest BCUT2D eigenvalue weighted by Gasteiger charge is -2.46. The molecule has 25 heavy (non-hydrogen) atoms. The predicted molar refractivity (Wildman–Crippen MR) is 103 cm³/mol. The van der Waals surface area contributed by atoms with Gasteiger partial charge in [-0.1, -0.05) is 30.3 Å². The van der Waals surface area contributed by atoms with E-state index in [-0.39, 0.29) is 0 Å². The van der Waals surface area contributed by atoms with Crippen LogP contribution < -0.4 is 0 Å². The highest BCUT2D eigenvalue weighted by atomic mass is 32.1. The van der Waals surface area contributed by atoms with Crippen molar-refractivity contribution in [1.82, 2.24) is 9.80 Å². The fraction of sp³-hybridized carbons (Fsp3) is 0.476. The van der Waals surface area contributed by atoms with Crippen LogP contribution in [0.15, 0.2) is 41.8 Å². The molecule has 0 saturated carbocycles. The van der Waals surface area contributed by atoms with Gasteiger partial charge in [0.25, 0.3) is 0 Å². The molecule has 132 valence electrons. The van der Waals surface area contributed by atoms with Crippen LogP contribution in [0.3, 0.4) is 0 Å². The summed E-state index contributed by atoms with van der Waals surface area (Å²) in [5.41, 5.74) is 2.87. The van der Waals surface area contributed by atoms with Crippen molar-refractivity contribution >= 4 is 17.2 Å². The molecule has 1 aromatic heterocycles. The van der Waals surface area contributed by atoms with Gasteiger partial charge >= 0.3 is 0 Å².